The van der Waals surface area contributed by atoms with E-state index in [1.807, 2.05) is 54.6 Å². The fourth-order valence-electron chi connectivity index (χ4n) is 2.81. The number of amides is 1. The van der Waals surface area contributed by atoms with Crippen LogP contribution in [0, 0.1) is 0 Å². The van der Waals surface area contributed by atoms with Gasteiger partial charge in [-0.1, -0.05) is 18.2 Å². The fraction of sp³-hybridized carbons (Fsp3) is 0.136. The number of carbonyl (C=O) groups is 1. The molecule has 2 aromatic heterocycles. The predicted molar refractivity (Wildman–Crippen MR) is 109 cm³/mol. The van der Waals surface area contributed by atoms with Crippen LogP contribution in [0.3, 0.4) is 0 Å². The van der Waals surface area contributed by atoms with Crippen molar-refractivity contribution in [2.75, 3.05) is 7.11 Å². The van der Waals surface area contributed by atoms with Gasteiger partial charge in [0, 0.05) is 11.1 Å². The first-order valence-corrected chi connectivity index (χ1v) is 9.31. The minimum atomic E-state index is -0.353. The molecule has 0 bridgehead atoms. The maximum absolute atomic E-state index is 12.5. The highest BCUT2D eigenvalue weighted by Gasteiger charge is 2.16. The van der Waals surface area contributed by atoms with Gasteiger partial charge in [0.25, 0.3) is 5.91 Å². The maximum atomic E-state index is 12.5. The monoisotopic (exact) mass is 404 g/mol. The van der Waals surface area contributed by atoms with E-state index in [1.165, 1.54) is 6.26 Å². The van der Waals surface area contributed by atoms with Crippen molar-refractivity contribution in [1.82, 2.24) is 20.5 Å². The highest BCUT2D eigenvalue weighted by Crippen LogP contribution is 2.19. The second-order valence-electron chi connectivity index (χ2n) is 6.39. The van der Waals surface area contributed by atoms with Crippen molar-refractivity contribution in [1.29, 1.82) is 0 Å². The molecular formula is C22H20N4O4. The highest BCUT2D eigenvalue weighted by molar-refractivity contribution is 5.92. The third-order valence-electron chi connectivity index (χ3n) is 4.39. The summed E-state index contributed by atoms with van der Waals surface area (Å²) in [4.78, 5) is 16.9. The SMILES string of the molecule is COc1ccc(-c2n[nH]c(CNC(=O)c3occc3COc3ccccc3)n2)cc1. The number of hydrogen-bond donors (Lipinski definition) is 2. The number of carbonyl (C=O) groups excluding carboxylic acids is 1. The molecule has 8 heteroatoms. The van der Waals surface area contributed by atoms with Crippen LogP contribution in [0.25, 0.3) is 11.4 Å². The van der Waals surface area contributed by atoms with Crippen LogP contribution in [0.15, 0.2) is 71.3 Å². The van der Waals surface area contributed by atoms with Gasteiger partial charge in [-0.05, 0) is 42.5 Å². The van der Waals surface area contributed by atoms with Gasteiger partial charge < -0.3 is 19.2 Å². The molecule has 0 aliphatic heterocycles. The predicted octanol–water partition coefficient (Wildman–Crippen LogP) is 3.58. The summed E-state index contributed by atoms with van der Waals surface area (Å²) in [7, 11) is 1.61. The quantitative estimate of drug-likeness (QED) is 0.465. The molecule has 0 fully saturated rings. The molecule has 2 heterocycles. The molecule has 0 radical (unpaired) electrons. The van der Waals surface area contributed by atoms with Gasteiger partial charge in [0.1, 0.15) is 23.9 Å². The summed E-state index contributed by atoms with van der Waals surface area (Å²) in [6.45, 7) is 0.412. The van der Waals surface area contributed by atoms with Gasteiger partial charge in [0.05, 0.1) is 19.9 Å². The summed E-state index contributed by atoms with van der Waals surface area (Å²) in [5, 5.41) is 9.80. The Kier molecular flexibility index (Phi) is 5.75. The molecule has 0 saturated carbocycles. The largest absolute Gasteiger partial charge is 0.497 e. The number of H-pyrrole nitrogens is 1. The Labute approximate surface area is 172 Å². The third-order valence-corrected chi connectivity index (χ3v) is 4.39. The lowest BCUT2D eigenvalue weighted by molar-refractivity contribution is 0.0918. The van der Waals surface area contributed by atoms with Crippen LogP contribution >= 0.6 is 0 Å². The van der Waals surface area contributed by atoms with Gasteiger partial charge in [0.2, 0.25) is 0 Å². The van der Waals surface area contributed by atoms with Crippen molar-refractivity contribution in [2.24, 2.45) is 0 Å². The summed E-state index contributed by atoms with van der Waals surface area (Å²) in [6, 6.07) is 18.5. The number of nitrogens with zero attached hydrogens (tertiary/aromatic N) is 2. The minimum absolute atomic E-state index is 0.182. The Hall–Kier alpha value is -4.07. The normalized spacial score (nSPS) is 10.6. The lowest BCUT2D eigenvalue weighted by atomic mass is 10.2. The molecule has 4 aromatic rings. The van der Waals surface area contributed by atoms with Crippen molar-refractivity contribution in [2.45, 2.75) is 13.2 Å². The summed E-state index contributed by atoms with van der Waals surface area (Å²) < 4.78 is 16.2. The number of aromatic nitrogens is 3. The first kappa shape index (κ1) is 19.3. The molecule has 152 valence electrons. The van der Waals surface area contributed by atoms with E-state index in [9.17, 15) is 4.79 Å². The molecule has 0 saturated heterocycles. The van der Waals surface area contributed by atoms with E-state index in [0.29, 0.717) is 17.2 Å². The molecule has 8 nitrogen and oxygen atoms in total. The van der Waals surface area contributed by atoms with Gasteiger partial charge in [-0.25, -0.2) is 4.98 Å². The number of benzene rings is 2. The molecule has 0 spiro atoms. The fourth-order valence-corrected chi connectivity index (χ4v) is 2.81. The number of rotatable bonds is 8. The molecule has 4 rings (SSSR count). The summed E-state index contributed by atoms with van der Waals surface area (Å²) in [5.74, 6) is 2.40. The molecule has 0 atom stereocenters. The van der Waals surface area contributed by atoms with E-state index in [0.717, 1.165) is 17.1 Å². The number of aromatic amines is 1. The smallest absolute Gasteiger partial charge is 0.287 e. The number of methoxy groups -OCH3 is 1. The Bertz CT molecular complexity index is 1100. The van der Waals surface area contributed by atoms with E-state index >= 15 is 0 Å². The lowest BCUT2D eigenvalue weighted by Gasteiger charge is -2.06. The van der Waals surface area contributed by atoms with Gasteiger partial charge >= 0.3 is 0 Å². The molecule has 2 N–H and O–H groups in total. The molecular weight excluding hydrogens is 384 g/mol. The molecule has 0 aliphatic carbocycles. The number of ether oxygens (including phenoxy) is 2. The van der Waals surface area contributed by atoms with Crippen LogP contribution in [0.2, 0.25) is 0 Å². The first-order chi connectivity index (χ1) is 14.7. The highest BCUT2D eigenvalue weighted by atomic mass is 16.5. The summed E-state index contributed by atoms with van der Waals surface area (Å²) in [5.41, 5.74) is 1.50. The van der Waals surface area contributed by atoms with E-state index < -0.39 is 0 Å². The van der Waals surface area contributed by atoms with E-state index in [-0.39, 0.29) is 24.8 Å². The van der Waals surface area contributed by atoms with E-state index in [2.05, 4.69) is 20.5 Å². The lowest BCUT2D eigenvalue weighted by Crippen LogP contribution is -2.24. The van der Waals surface area contributed by atoms with Gasteiger partial charge in [0.15, 0.2) is 11.6 Å². The molecule has 1 amide bonds. The summed E-state index contributed by atoms with van der Waals surface area (Å²) >= 11 is 0. The number of furan rings is 1. The minimum Gasteiger partial charge on any atom is -0.497 e. The first-order valence-electron chi connectivity index (χ1n) is 9.31. The molecule has 0 unspecified atom stereocenters. The second-order valence-corrected chi connectivity index (χ2v) is 6.39. The zero-order chi connectivity index (χ0) is 20.8. The van der Waals surface area contributed by atoms with Crippen LogP contribution in [-0.2, 0) is 13.2 Å². The zero-order valence-corrected chi connectivity index (χ0v) is 16.3. The maximum Gasteiger partial charge on any atom is 0.287 e. The average molecular weight is 404 g/mol. The second kappa shape index (κ2) is 8.95. The van der Waals surface area contributed by atoms with Gasteiger partial charge in [-0.2, -0.15) is 5.10 Å². The van der Waals surface area contributed by atoms with Crippen LogP contribution in [0.4, 0.5) is 0 Å². The molecule has 30 heavy (non-hydrogen) atoms. The Morgan fingerprint density at radius 2 is 1.87 bits per heavy atom. The van der Waals surface area contributed by atoms with Crippen LogP contribution < -0.4 is 14.8 Å². The van der Waals surface area contributed by atoms with Gasteiger partial charge in [-0.15, -0.1) is 0 Å². The van der Waals surface area contributed by atoms with Crippen LogP contribution in [-0.4, -0.2) is 28.2 Å². The van der Waals surface area contributed by atoms with Crippen LogP contribution in [0.5, 0.6) is 11.5 Å². The van der Waals surface area contributed by atoms with Crippen LogP contribution in [0.1, 0.15) is 21.9 Å². The van der Waals surface area contributed by atoms with Gasteiger partial charge in [-0.3, -0.25) is 9.89 Å². The Balaban J connectivity index is 1.35. The van der Waals surface area contributed by atoms with Crippen molar-refractivity contribution >= 4 is 5.91 Å². The molecule has 2 aromatic carbocycles. The van der Waals surface area contributed by atoms with Crippen molar-refractivity contribution in [3.63, 3.8) is 0 Å². The Morgan fingerprint density at radius 1 is 1.07 bits per heavy atom. The molecule has 0 aliphatic rings. The number of para-hydroxylation sites is 1. The zero-order valence-electron chi connectivity index (χ0n) is 16.3. The standard InChI is InChI=1S/C22H20N4O4/c1-28-17-9-7-15(8-10-17)21-24-19(25-26-21)13-23-22(27)20-16(11-12-29-20)14-30-18-5-3-2-4-6-18/h2-12H,13-14H2,1H3,(H,23,27)(H,24,25,26). The number of nitrogens with one attached hydrogen (secondary N) is 2. The van der Waals surface area contributed by atoms with E-state index in [4.69, 9.17) is 13.9 Å². The third kappa shape index (κ3) is 4.49. The average Bonchev–Trinajstić information content (AvgIpc) is 3.46. The Morgan fingerprint density at radius 3 is 2.63 bits per heavy atom. The summed E-state index contributed by atoms with van der Waals surface area (Å²) in [6.07, 6.45) is 1.47. The topological polar surface area (TPSA) is 102 Å². The van der Waals surface area contributed by atoms with Crippen molar-refractivity contribution < 1.29 is 18.7 Å². The van der Waals surface area contributed by atoms with E-state index in [1.54, 1.807) is 13.2 Å². The van der Waals surface area contributed by atoms with Crippen molar-refractivity contribution in [3.05, 3.63) is 84.1 Å². The number of hydrogen-bond acceptors (Lipinski definition) is 6. The van der Waals surface area contributed by atoms with Crippen molar-refractivity contribution in [3.8, 4) is 22.9 Å².